The van der Waals surface area contributed by atoms with Gasteiger partial charge in [-0.05, 0) is 25.1 Å². The molecule has 2 N–H and O–H groups in total. The van der Waals surface area contributed by atoms with Crippen LogP contribution in [-0.2, 0) is 16.1 Å². The van der Waals surface area contributed by atoms with Gasteiger partial charge < -0.3 is 29.9 Å². The quantitative estimate of drug-likeness (QED) is 0.328. The first kappa shape index (κ1) is 26.3. The minimum absolute atomic E-state index is 0.330. The third-order valence-electron chi connectivity index (χ3n) is 7.09. The Hall–Kier alpha value is -4.97. The number of carbonyl (C=O) groups is 1. The van der Waals surface area contributed by atoms with Crippen molar-refractivity contribution in [2.75, 3.05) is 60.9 Å². The van der Waals surface area contributed by atoms with Crippen molar-refractivity contribution < 1.29 is 14.3 Å². The lowest BCUT2D eigenvalue weighted by molar-refractivity contribution is -0.111. The van der Waals surface area contributed by atoms with Crippen molar-refractivity contribution in [3.05, 3.63) is 66.5 Å². The summed E-state index contributed by atoms with van der Waals surface area (Å²) in [5.74, 6) is 1.55. The summed E-state index contributed by atoms with van der Waals surface area (Å²) >= 11 is 0. The van der Waals surface area contributed by atoms with Crippen LogP contribution in [0.15, 0.2) is 55.4 Å². The minimum Gasteiger partial charge on any atom is -0.479 e. The predicted octanol–water partition coefficient (Wildman–Crippen LogP) is 3.70. The molecule has 0 spiro atoms. The number of hydrogen-bond acceptors (Lipinski definition) is 10. The zero-order valence-corrected chi connectivity index (χ0v) is 23.2. The summed E-state index contributed by atoms with van der Waals surface area (Å²) in [5.41, 5.74) is 6.16. The third kappa shape index (κ3) is 5.05. The fraction of sp³-hybridized carbons (Fsp3) is 0.276. The van der Waals surface area contributed by atoms with Crippen molar-refractivity contribution in [1.82, 2.24) is 24.7 Å². The van der Waals surface area contributed by atoms with Gasteiger partial charge in [0.05, 0.1) is 31.7 Å². The van der Waals surface area contributed by atoms with E-state index in [9.17, 15) is 4.79 Å². The van der Waals surface area contributed by atoms with Gasteiger partial charge in [-0.1, -0.05) is 24.8 Å². The van der Waals surface area contributed by atoms with Crippen molar-refractivity contribution in [3.63, 3.8) is 0 Å². The van der Waals surface area contributed by atoms with Gasteiger partial charge in [0.1, 0.15) is 5.69 Å². The molecule has 0 atom stereocenters. The fourth-order valence-corrected chi connectivity index (χ4v) is 5.08. The van der Waals surface area contributed by atoms with Crippen LogP contribution < -0.4 is 25.2 Å². The molecule has 0 aliphatic carbocycles. The zero-order chi connectivity index (χ0) is 28.5. The van der Waals surface area contributed by atoms with E-state index < -0.39 is 0 Å². The average molecular weight is 554 g/mol. The molecular weight excluding hydrogens is 522 g/mol. The van der Waals surface area contributed by atoms with Gasteiger partial charge in [-0.15, -0.1) is 0 Å². The van der Waals surface area contributed by atoms with Gasteiger partial charge in [0, 0.05) is 61.5 Å². The van der Waals surface area contributed by atoms with Crippen LogP contribution in [0.4, 0.5) is 28.8 Å². The number of carbonyl (C=O) groups excluding carboxylic acids is 1. The lowest BCUT2D eigenvalue weighted by Gasteiger charge is -2.30. The monoisotopic (exact) mass is 553 g/mol. The average Bonchev–Trinajstić information content (AvgIpc) is 3.42. The Kier molecular flexibility index (Phi) is 6.98. The molecule has 6 rings (SSSR count). The van der Waals surface area contributed by atoms with E-state index in [1.807, 2.05) is 30.2 Å². The van der Waals surface area contributed by atoms with Gasteiger partial charge in [0.15, 0.2) is 11.6 Å². The molecule has 3 aromatic heterocycles. The van der Waals surface area contributed by atoms with E-state index in [1.54, 1.807) is 24.1 Å². The molecule has 5 heterocycles. The molecule has 1 fully saturated rings. The van der Waals surface area contributed by atoms with E-state index in [4.69, 9.17) is 24.5 Å². The molecule has 0 unspecified atom stereocenters. The van der Waals surface area contributed by atoms with Crippen molar-refractivity contribution in [3.8, 4) is 23.0 Å². The van der Waals surface area contributed by atoms with Crippen LogP contribution in [0.1, 0.15) is 11.1 Å². The number of nitrogens with one attached hydrogen (secondary N) is 2. The lowest BCUT2D eigenvalue weighted by Crippen LogP contribution is -2.37. The summed E-state index contributed by atoms with van der Waals surface area (Å²) in [6.07, 6.45) is 4.98. The summed E-state index contributed by atoms with van der Waals surface area (Å²) in [5, 5.41) is 11.0. The highest BCUT2D eigenvalue weighted by Gasteiger charge is 2.25. The molecule has 4 aromatic rings. The Balaban J connectivity index is 1.36. The Bertz CT molecular complexity index is 1630. The fourth-order valence-electron chi connectivity index (χ4n) is 5.08. The summed E-state index contributed by atoms with van der Waals surface area (Å²) in [4.78, 5) is 30.6. The van der Waals surface area contributed by atoms with Gasteiger partial charge in [-0.2, -0.15) is 15.1 Å². The number of rotatable bonds is 7. The number of nitrogens with zero attached hydrogens (tertiary/aromatic N) is 7. The lowest BCUT2D eigenvalue weighted by atomic mass is 10.0. The number of ether oxygens (including phenoxy) is 2. The number of benzene rings is 1. The van der Waals surface area contributed by atoms with Gasteiger partial charge in [-0.25, -0.2) is 9.67 Å². The second kappa shape index (κ2) is 10.9. The second-order valence-electron chi connectivity index (χ2n) is 9.86. The summed E-state index contributed by atoms with van der Waals surface area (Å²) < 4.78 is 12.9. The highest BCUT2D eigenvalue weighted by atomic mass is 16.5. The smallest absolute Gasteiger partial charge is 0.247 e. The summed E-state index contributed by atoms with van der Waals surface area (Å²) in [7, 11) is 3.62. The Labute approximate surface area is 237 Å². The maximum absolute atomic E-state index is 12.3. The van der Waals surface area contributed by atoms with Crippen LogP contribution in [0.3, 0.4) is 0 Å². The molecule has 1 aromatic carbocycles. The van der Waals surface area contributed by atoms with Gasteiger partial charge in [0.2, 0.25) is 17.7 Å². The van der Waals surface area contributed by atoms with E-state index in [-0.39, 0.29) is 5.91 Å². The number of aromatic nitrogens is 5. The first-order chi connectivity index (χ1) is 19.9. The van der Waals surface area contributed by atoms with Crippen LogP contribution in [0.25, 0.3) is 17.1 Å². The first-order valence-corrected chi connectivity index (χ1v) is 13.3. The number of fused-ring (bicyclic) bond motifs is 3. The molecule has 2 aliphatic rings. The van der Waals surface area contributed by atoms with Gasteiger partial charge in [0.25, 0.3) is 0 Å². The Morgan fingerprint density at radius 1 is 1.15 bits per heavy atom. The van der Waals surface area contributed by atoms with Crippen molar-refractivity contribution in [1.29, 1.82) is 0 Å². The molecule has 0 bridgehead atoms. The largest absolute Gasteiger partial charge is 0.479 e. The summed E-state index contributed by atoms with van der Waals surface area (Å²) in [6, 6.07) is 10.0. The highest BCUT2D eigenvalue weighted by Crippen LogP contribution is 2.38. The van der Waals surface area contributed by atoms with Crippen LogP contribution in [-0.4, -0.2) is 71.1 Å². The van der Waals surface area contributed by atoms with Gasteiger partial charge in [-0.3, -0.25) is 4.79 Å². The normalized spacial score (nSPS) is 14.2. The van der Waals surface area contributed by atoms with Crippen LogP contribution in [0.2, 0.25) is 0 Å². The number of hydrogen-bond donors (Lipinski definition) is 2. The predicted molar refractivity (Wildman–Crippen MR) is 157 cm³/mol. The first-order valence-electron chi connectivity index (χ1n) is 13.3. The molecule has 1 saturated heterocycles. The number of aryl methyl sites for hydroxylation is 1. The summed E-state index contributed by atoms with van der Waals surface area (Å²) in [6.45, 7) is 8.68. The van der Waals surface area contributed by atoms with Gasteiger partial charge >= 0.3 is 0 Å². The maximum Gasteiger partial charge on any atom is 0.247 e. The Morgan fingerprint density at radius 2 is 1.95 bits per heavy atom. The minimum atomic E-state index is -0.346. The molecule has 1 amide bonds. The standard InChI is InChI=1S/C29H31N9O3/c1-5-24(39)31-21-14-22(28(40-4)33-27(21)37-10-12-41-13-11-37)32-29-30-15-18(2)26(34-29)38-17-19-16-36(3)23-9-7-6-8-20(23)25(19)35-38/h5-9,14-15,17H,1,10-13,16H2,2-4H3,(H,31,39)(H,30,32,34). The molecule has 0 radical (unpaired) electrons. The van der Waals surface area contributed by atoms with Crippen molar-refractivity contribution >= 4 is 34.7 Å². The number of anilines is 5. The van der Waals surface area contributed by atoms with Crippen LogP contribution >= 0.6 is 0 Å². The molecule has 12 nitrogen and oxygen atoms in total. The maximum atomic E-state index is 12.3. The van der Waals surface area contributed by atoms with Crippen LogP contribution in [0.5, 0.6) is 5.88 Å². The molecule has 2 aliphatic heterocycles. The molecule has 12 heteroatoms. The van der Waals surface area contributed by atoms with E-state index >= 15 is 0 Å². The Morgan fingerprint density at radius 3 is 2.73 bits per heavy atom. The van der Waals surface area contributed by atoms with Crippen LogP contribution in [0, 0.1) is 6.92 Å². The van der Waals surface area contributed by atoms with E-state index in [0.29, 0.717) is 61.1 Å². The number of morpholine rings is 1. The van der Waals surface area contributed by atoms with E-state index in [2.05, 4.69) is 46.3 Å². The topological polar surface area (TPSA) is 123 Å². The number of pyridine rings is 1. The molecule has 210 valence electrons. The highest BCUT2D eigenvalue weighted by molar-refractivity contribution is 6.01. The van der Waals surface area contributed by atoms with Crippen molar-refractivity contribution in [2.24, 2.45) is 0 Å². The second-order valence-corrected chi connectivity index (χ2v) is 9.86. The number of amides is 1. The molecular formula is C29H31N9O3. The third-order valence-corrected chi connectivity index (χ3v) is 7.09. The zero-order valence-electron chi connectivity index (χ0n) is 23.2. The molecule has 41 heavy (non-hydrogen) atoms. The van der Waals surface area contributed by atoms with E-state index in [0.717, 1.165) is 34.6 Å². The number of para-hydroxylation sites is 1. The van der Waals surface area contributed by atoms with E-state index in [1.165, 1.54) is 6.08 Å². The van der Waals surface area contributed by atoms with Crippen molar-refractivity contribution in [2.45, 2.75) is 13.5 Å². The SMILES string of the molecule is C=CC(=O)Nc1cc(Nc2ncc(C)c(-n3cc4c(n3)-c3ccccc3N(C)C4)n2)c(OC)nc1N1CCOCC1. The number of methoxy groups -OCH3 is 1. The molecule has 0 saturated carbocycles.